The van der Waals surface area contributed by atoms with Crippen LogP contribution in [0.4, 0.5) is 13.2 Å². The predicted molar refractivity (Wildman–Crippen MR) is 73.8 cm³/mol. The largest absolute Gasteiger partial charge is 0.313 e. The molecule has 0 aliphatic heterocycles. The quantitative estimate of drug-likeness (QED) is 0.816. The molecule has 1 atom stereocenters. The van der Waals surface area contributed by atoms with E-state index in [0.717, 1.165) is 18.1 Å². The Hall–Kier alpha value is -1.81. The Morgan fingerprint density at radius 2 is 1.70 bits per heavy atom. The van der Waals surface area contributed by atoms with Crippen LogP contribution in [0.5, 0.6) is 0 Å². The SMILES string of the molecule is CCC(NC)c1cccc(-c2cc(F)c(F)cc2F)c1. The maximum absolute atomic E-state index is 13.8. The van der Waals surface area contributed by atoms with Crippen LogP contribution in [0.15, 0.2) is 36.4 Å². The van der Waals surface area contributed by atoms with Gasteiger partial charge in [-0.3, -0.25) is 0 Å². The van der Waals surface area contributed by atoms with Crippen molar-refractivity contribution in [1.29, 1.82) is 0 Å². The molecule has 2 aromatic rings. The number of halogens is 3. The first-order chi connectivity index (χ1) is 9.56. The molecule has 0 radical (unpaired) electrons. The molecule has 0 fully saturated rings. The molecule has 0 saturated heterocycles. The van der Waals surface area contributed by atoms with Gasteiger partial charge in [-0.1, -0.05) is 25.1 Å². The van der Waals surface area contributed by atoms with Crippen LogP contribution < -0.4 is 5.32 Å². The van der Waals surface area contributed by atoms with Crippen LogP contribution in [0.3, 0.4) is 0 Å². The fraction of sp³-hybridized carbons (Fsp3) is 0.250. The summed E-state index contributed by atoms with van der Waals surface area (Å²) in [5, 5.41) is 3.15. The van der Waals surface area contributed by atoms with Gasteiger partial charge in [0.1, 0.15) is 5.82 Å². The first-order valence-electron chi connectivity index (χ1n) is 6.49. The third kappa shape index (κ3) is 2.85. The summed E-state index contributed by atoms with van der Waals surface area (Å²) in [4.78, 5) is 0. The minimum absolute atomic E-state index is 0.0664. The van der Waals surface area contributed by atoms with Crippen molar-refractivity contribution in [2.45, 2.75) is 19.4 Å². The lowest BCUT2D eigenvalue weighted by molar-refractivity contribution is 0.496. The summed E-state index contributed by atoms with van der Waals surface area (Å²) in [5.41, 5.74) is 1.58. The van der Waals surface area contributed by atoms with E-state index in [1.54, 1.807) is 18.2 Å². The van der Waals surface area contributed by atoms with Crippen LogP contribution in [0, 0.1) is 17.5 Å². The second-order valence-electron chi connectivity index (χ2n) is 4.62. The lowest BCUT2D eigenvalue weighted by Crippen LogP contribution is -2.15. The van der Waals surface area contributed by atoms with E-state index in [9.17, 15) is 13.2 Å². The molecule has 20 heavy (non-hydrogen) atoms. The van der Waals surface area contributed by atoms with Crippen molar-refractivity contribution in [3.05, 3.63) is 59.4 Å². The maximum Gasteiger partial charge on any atom is 0.161 e. The van der Waals surface area contributed by atoms with Crippen LogP contribution >= 0.6 is 0 Å². The molecule has 0 heterocycles. The Balaban J connectivity index is 2.48. The highest BCUT2D eigenvalue weighted by Gasteiger charge is 2.13. The Labute approximate surface area is 116 Å². The topological polar surface area (TPSA) is 12.0 Å². The van der Waals surface area contributed by atoms with Gasteiger partial charge >= 0.3 is 0 Å². The van der Waals surface area contributed by atoms with Crippen molar-refractivity contribution < 1.29 is 13.2 Å². The Morgan fingerprint density at radius 1 is 1.00 bits per heavy atom. The second-order valence-corrected chi connectivity index (χ2v) is 4.62. The van der Waals surface area contributed by atoms with Gasteiger partial charge in [0.05, 0.1) is 0 Å². The van der Waals surface area contributed by atoms with E-state index in [4.69, 9.17) is 0 Å². The molecule has 1 unspecified atom stereocenters. The van der Waals surface area contributed by atoms with Crippen molar-refractivity contribution >= 4 is 0 Å². The van der Waals surface area contributed by atoms with E-state index in [0.29, 0.717) is 11.6 Å². The van der Waals surface area contributed by atoms with Gasteiger partial charge in [-0.15, -0.1) is 0 Å². The summed E-state index contributed by atoms with van der Waals surface area (Å²) in [6.45, 7) is 2.03. The third-order valence-corrected chi connectivity index (χ3v) is 3.37. The predicted octanol–water partition coefficient (Wildman–Crippen LogP) is 4.44. The standard InChI is InChI=1S/C16H16F3N/c1-3-16(20-2)11-6-4-5-10(7-11)12-8-14(18)15(19)9-13(12)17/h4-9,16,20H,3H2,1-2H3. The number of benzene rings is 2. The molecular weight excluding hydrogens is 263 g/mol. The minimum atomic E-state index is -1.18. The second kappa shape index (κ2) is 6.09. The van der Waals surface area contributed by atoms with Gasteiger partial charge in [-0.2, -0.15) is 0 Å². The molecule has 0 aliphatic rings. The molecule has 0 saturated carbocycles. The highest BCUT2D eigenvalue weighted by molar-refractivity contribution is 5.65. The summed E-state index contributed by atoms with van der Waals surface area (Å²) >= 11 is 0. The molecule has 0 aliphatic carbocycles. The van der Waals surface area contributed by atoms with E-state index in [2.05, 4.69) is 5.32 Å². The Bertz CT molecular complexity index is 607. The summed E-state index contributed by atoms with van der Waals surface area (Å²) in [7, 11) is 1.85. The highest BCUT2D eigenvalue weighted by atomic mass is 19.2. The molecule has 0 amide bonds. The Kier molecular flexibility index (Phi) is 4.45. The van der Waals surface area contributed by atoms with Crippen molar-refractivity contribution in [2.24, 2.45) is 0 Å². The van der Waals surface area contributed by atoms with E-state index in [-0.39, 0.29) is 11.6 Å². The highest BCUT2D eigenvalue weighted by Crippen LogP contribution is 2.28. The summed E-state index contributed by atoms with van der Waals surface area (Å²) in [6, 6.07) is 8.79. The number of hydrogen-bond donors (Lipinski definition) is 1. The molecule has 1 nitrogen and oxygen atoms in total. The van der Waals surface area contributed by atoms with E-state index < -0.39 is 17.5 Å². The molecule has 0 spiro atoms. The molecule has 0 bridgehead atoms. The monoisotopic (exact) mass is 279 g/mol. The van der Waals surface area contributed by atoms with E-state index >= 15 is 0 Å². The Morgan fingerprint density at radius 3 is 2.35 bits per heavy atom. The van der Waals surface area contributed by atoms with Gasteiger partial charge in [0.15, 0.2) is 11.6 Å². The van der Waals surface area contributed by atoms with E-state index in [1.807, 2.05) is 20.0 Å². The van der Waals surface area contributed by atoms with Crippen LogP contribution in [0.1, 0.15) is 24.9 Å². The smallest absolute Gasteiger partial charge is 0.161 e. The first-order valence-corrected chi connectivity index (χ1v) is 6.49. The summed E-state index contributed by atoms with van der Waals surface area (Å²) in [5.74, 6) is -2.99. The van der Waals surface area contributed by atoms with Gasteiger partial charge < -0.3 is 5.32 Å². The number of nitrogens with one attached hydrogen (secondary N) is 1. The summed E-state index contributed by atoms with van der Waals surface area (Å²) < 4.78 is 40.0. The average molecular weight is 279 g/mol. The van der Waals surface area contributed by atoms with Crippen molar-refractivity contribution in [2.75, 3.05) is 7.05 Å². The van der Waals surface area contributed by atoms with Crippen LogP contribution in [-0.2, 0) is 0 Å². The molecule has 0 aromatic heterocycles. The zero-order valence-corrected chi connectivity index (χ0v) is 11.4. The van der Waals surface area contributed by atoms with Gasteiger partial charge in [0.25, 0.3) is 0 Å². The lowest BCUT2D eigenvalue weighted by Gasteiger charge is -2.15. The van der Waals surface area contributed by atoms with Gasteiger partial charge in [0.2, 0.25) is 0 Å². The van der Waals surface area contributed by atoms with Gasteiger partial charge in [-0.05, 0) is 36.7 Å². The average Bonchev–Trinajstić information content (AvgIpc) is 2.44. The molecule has 2 aromatic carbocycles. The van der Waals surface area contributed by atoms with Crippen LogP contribution in [-0.4, -0.2) is 7.05 Å². The molecule has 1 N–H and O–H groups in total. The zero-order chi connectivity index (χ0) is 14.7. The number of hydrogen-bond acceptors (Lipinski definition) is 1. The molecule has 106 valence electrons. The normalized spacial score (nSPS) is 12.4. The van der Waals surface area contributed by atoms with Crippen molar-refractivity contribution in [3.8, 4) is 11.1 Å². The molecular formula is C16H16F3N. The van der Waals surface area contributed by atoms with Gasteiger partial charge in [0, 0.05) is 17.7 Å². The fourth-order valence-corrected chi connectivity index (χ4v) is 2.27. The van der Waals surface area contributed by atoms with Crippen LogP contribution in [0.2, 0.25) is 0 Å². The maximum atomic E-state index is 13.8. The van der Waals surface area contributed by atoms with Crippen LogP contribution in [0.25, 0.3) is 11.1 Å². The molecule has 4 heteroatoms. The zero-order valence-electron chi connectivity index (χ0n) is 11.4. The third-order valence-electron chi connectivity index (χ3n) is 3.37. The molecule has 2 rings (SSSR count). The fourth-order valence-electron chi connectivity index (χ4n) is 2.27. The minimum Gasteiger partial charge on any atom is -0.313 e. The summed E-state index contributed by atoms with van der Waals surface area (Å²) in [6.07, 6.45) is 0.875. The van der Waals surface area contributed by atoms with Crippen molar-refractivity contribution in [1.82, 2.24) is 5.32 Å². The van der Waals surface area contributed by atoms with Crippen molar-refractivity contribution in [3.63, 3.8) is 0 Å². The van der Waals surface area contributed by atoms with E-state index in [1.165, 1.54) is 0 Å². The number of rotatable bonds is 4. The lowest BCUT2D eigenvalue weighted by atomic mass is 9.98. The van der Waals surface area contributed by atoms with Gasteiger partial charge in [-0.25, -0.2) is 13.2 Å². The first kappa shape index (κ1) is 14.6.